The highest BCUT2D eigenvalue weighted by molar-refractivity contribution is 14.0. The smallest absolute Gasteiger partial charge is 0.230 e. The van der Waals surface area contributed by atoms with Crippen LogP contribution < -0.4 is 10.6 Å². The van der Waals surface area contributed by atoms with Crippen molar-refractivity contribution in [3.8, 4) is 0 Å². The number of carbonyl (C=O) groups is 1. The third-order valence-electron chi connectivity index (χ3n) is 5.83. The molecule has 158 valence electrons. The second-order valence-electron chi connectivity index (χ2n) is 7.82. The summed E-state index contributed by atoms with van der Waals surface area (Å²) in [6.45, 7) is 4.43. The molecule has 0 aromatic rings. The standard InChI is InChI=1S/C19H37N5O2.HI/c1-20-18(21-14-16-8-7-11-24(16)12-13-26-4)22-15-19(9-5-6-10-19)17(25)23(2)3;/h16H,5-15H2,1-4H3,(H2,20,21,22);1H. The molecule has 1 saturated carbocycles. The molecule has 0 spiro atoms. The summed E-state index contributed by atoms with van der Waals surface area (Å²) in [5, 5.41) is 6.88. The van der Waals surface area contributed by atoms with Crippen LogP contribution in [0.15, 0.2) is 4.99 Å². The molecule has 1 aliphatic heterocycles. The SMILES string of the molecule is CN=C(NCC1CCCN1CCOC)NCC1(C(=O)N(C)C)CCCC1.I. The Morgan fingerprint density at radius 2 is 1.96 bits per heavy atom. The van der Waals surface area contributed by atoms with Crippen LogP contribution in [0.1, 0.15) is 38.5 Å². The molecule has 1 unspecified atom stereocenters. The quantitative estimate of drug-likeness (QED) is 0.304. The number of nitrogens with one attached hydrogen (secondary N) is 2. The second-order valence-corrected chi connectivity index (χ2v) is 7.82. The normalized spacial score (nSPS) is 22.4. The zero-order chi connectivity index (χ0) is 19.0. The van der Waals surface area contributed by atoms with Crippen molar-refractivity contribution in [1.29, 1.82) is 0 Å². The van der Waals surface area contributed by atoms with Gasteiger partial charge < -0.3 is 20.3 Å². The maximum atomic E-state index is 12.7. The molecule has 1 heterocycles. The number of guanidine groups is 1. The van der Waals surface area contributed by atoms with E-state index in [-0.39, 0.29) is 35.3 Å². The van der Waals surface area contributed by atoms with E-state index in [0.29, 0.717) is 12.6 Å². The highest BCUT2D eigenvalue weighted by Crippen LogP contribution is 2.38. The van der Waals surface area contributed by atoms with Crippen molar-refractivity contribution in [2.24, 2.45) is 10.4 Å². The minimum Gasteiger partial charge on any atom is -0.383 e. The van der Waals surface area contributed by atoms with Gasteiger partial charge in [0.25, 0.3) is 0 Å². The molecule has 0 aromatic carbocycles. The van der Waals surface area contributed by atoms with Crippen LogP contribution in [-0.4, -0.2) is 88.7 Å². The molecule has 0 aromatic heterocycles. The molecule has 7 nitrogen and oxygen atoms in total. The van der Waals surface area contributed by atoms with Crippen LogP contribution in [0.4, 0.5) is 0 Å². The summed E-state index contributed by atoms with van der Waals surface area (Å²) in [6, 6.07) is 0.521. The number of methoxy groups -OCH3 is 1. The average molecular weight is 495 g/mol. The molecule has 1 amide bonds. The molecule has 2 aliphatic rings. The number of ether oxygens (including phenoxy) is 1. The summed E-state index contributed by atoms with van der Waals surface area (Å²) >= 11 is 0. The first-order valence-corrected chi connectivity index (χ1v) is 9.91. The molecule has 1 aliphatic carbocycles. The number of rotatable bonds is 8. The zero-order valence-corrected chi connectivity index (χ0v) is 19.8. The van der Waals surface area contributed by atoms with Gasteiger partial charge in [-0.1, -0.05) is 12.8 Å². The van der Waals surface area contributed by atoms with E-state index < -0.39 is 0 Å². The summed E-state index contributed by atoms with van der Waals surface area (Å²) in [5.41, 5.74) is -0.279. The average Bonchev–Trinajstić information content (AvgIpc) is 3.29. The Labute approximate surface area is 181 Å². The molecular weight excluding hydrogens is 457 g/mol. The van der Waals surface area contributed by atoms with Crippen LogP contribution in [0.3, 0.4) is 0 Å². The number of hydrogen-bond donors (Lipinski definition) is 2. The first-order chi connectivity index (χ1) is 12.5. The van der Waals surface area contributed by atoms with E-state index in [1.165, 1.54) is 12.8 Å². The van der Waals surface area contributed by atoms with Crippen molar-refractivity contribution in [2.45, 2.75) is 44.6 Å². The summed E-state index contributed by atoms with van der Waals surface area (Å²) in [7, 11) is 7.25. The van der Waals surface area contributed by atoms with Crippen LogP contribution >= 0.6 is 24.0 Å². The van der Waals surface area contributed by atoms with Crippen molar-refractivity contribution in [3.05, 3.63) is 0 Å². The molecule has 0 radical (unpaired) electrons. The molecule has 2 rings (SSSR count). The van der Waals surface area contributed by atoms with Crippen LogP contribution in [0.5, 0.6) is 0 Å². The number of likely N-dealkylation sites (tertiary alicyclic amines) is 1. The van der Waals surface area contributed by atoms with Crippen LogP contribution in [0.2, 0.25) is 0 Å². The first kappa shape index (κ1) is 24.4. The third kappa shape index (κ3) is 6.74. The van der Waals surface area contributed by atoms with Crippen molar-refractivity contribution in [1.82, 2.24) is 20.4 Å². The van der Waals surface area contributed by atoms with Gasteiger partial charge in [0.15, 0.2) is 5.96 Å². The Hall–Kier alpha value is -0.610. The number of carbonyl (C=O) groups excluding carboxylic acids is 1. The Balaban J connectivity index is 0.00000364. The van der Waals surface area contributed by atoms with Crippen molar-refractivity contribution in [2.75, 3.05) is 61.0 Å². The highest BCUT2D eigenvalue weighted by atomic mass is 127. The van der Waals surface area contributed by atoms with Crippen LogP contribution in [0, 0.1) is 5.41 Å². The van der Waals surface area contributed by atoms with E-state index in [1.807, 2.05) is 14.1 Å². The van der Waals surface area contributed by atoms with E-state index in [1.54, 1.807) is 19.1 Å². The van der Waals surface area contributed by atoms with Gasteiger partial charge in [0.1, 0.15) is 0 Å². The molecule has 0 bridgehead atoms. The summed E-state index contributed by atoms with van der Waals surface area (Å²) < 4.78 is 5.21. The lowest BCUT2D eigenvalue weighted by molar-refractivity contribution is -0.138. The van der Waals surface area contributed by atoms with Gasteiger partial charge in [-0.05, 0) is 32.2 Å². The van der Waals surface area contributed by atoms with Gasteiger partial charge in [-0.3, -0.25) is 14.7 Å². The second kappa shape index (κ2) is 12.1. The van der Waals surface area contributed by atoms with E-state index in [9.17, 15) is 4.79 Å². The predicted octanol–water partition coefficient (Wildman–Crippen LogP) is 1.53. The van der Waals surface area contributed by atoms with Gasteiger partial charge in [0.05, 0.1) is 12.0 Å². The highest BCUT2D eigenvalue weighted by Gasteiger charge is 2.42. The molecule has 1 atom stereocenters. The predicted molar refractivity (Wildman–Crippen MR) is 121 cm³/mol. The Bertz CT molecular complexity index is 481. The fourth-order valence-electron chi connectivity index (χ4n) is 4.31. The third-order valence-corrected chi connectivity index (χ3v) is 5.83. The van der Waals surface area contributed by atoms with Gasteiger partial charge in [-0.2, -0.15) is 0 Å². The molecule has 1 saturated heterocycles. The number of hydrogen-bond acceptors (Lipinski definition) is 4. The van der Waals surface area contributed by atoms with E-state index in [4.69, 9.17) is 4.74 Å². The fourth-order valence-corrected chi connectivity index (χ4v) is 4.31. The minimum atomic E-state index is -0.279. The van der Waals surface area contributed by atoms with Gasteiger partial charge in [0, 0.05) is 53.9 Å². The van der Waals surface area contributed by atoms with Crippen molar-refractivity contribution < 1.29 is 9.53 Å². The molecule has 2 N–H and O–H groups in total. The maximum Gasteiger partial charge on any atom is 0.230 e. The Morgan fingerprint density at radius 1 is 1.26 bits per heavy atom. The number of amides is 1. The minimum absolute atomic E-state index is 0. The lowest BCUT2D eigenvalue weighted by atomic mass is 9.84. The molecule has 2 fully saturated rings. The van der Waals surface area contributed by atoms with Gasteiger partial charge in [0.2, 0.25) is 5.91 Å². The van der Waals surface area contributed by atoms with Gasteiger partial charge in [-0.25, -0.2) is 0 Å². The monoisotopic (exact) mass is 495 g/mol. The summed E-state index contributed by atoms with van der Waals surface area (Å²) in [4.78, 5) is 21.3. The Kier molecular flexibility index (Phi) is 10.9. The number of aliphatic imine (C=N–C) groups is 1. The molecule has 8 heteroatoms. The summed E-state index contributed by atoms with van der Waals surface area (Å²) in [6.07, 6.45) is 6.62. The maximum absolute atomic E-state index is 12.7. The van der Waals surface area contributed by atoms with E-state index in [0.717, 1.165) is 57.9 Å². The largest absolute Gasteiger partial charge is 0.383 e. The first-order valence-electron chi connectivity index (χ1n) is 9.91. The van der Waals surface area contributed by atoms with Crippen molar-refractivity contribution in [3.63, 3.8) is 0 Å². The molecule has 27 heavy (non-hydrogen) atoms. The molecular formula is C19H38IN5O2. The zero-order valence-electron chi connectivity index (χ0n) is 17.4. The van der Waals surface area contributed by atoms with E-state index >= 15 is 0 Å². The van der Waals surface area contributed by atoms with Gasteiger partial charge in [-0.15, -0.1) is 24.0 Å². The number of nitrogens with zero attached hydrogens (tertiary/aromatic N) is 3. The lowest BCUT2D eigenvalue weighted by Crippen LogP contribution is -2.51. The Morgan fingerprint density at radius 3 is 2.56 bits per heavy atom. The lowest BCUT2D eigenvalue weighted by Gasteiger charge is -2.32. The number of halogens is 1. The van der Waals surface area contributed by atoms with E-state index in [2.05, 4.69) is 20.5 Å². The topological polar surface area (TPSA) is 69.2 Å². The summed E-state index contributed by atoms with van der Waals surface area (Å²) in [5.74, 6) is 1.03. The van der Waals surface area contributed by atoms with Gasteiger partial charge >= 0.3 is 0 Å². The van der Waals surface area contributed by atoms with Crippen molar-refractivity contribution >= 4 is 35.8 Å². The van der Waals surface area contributed by atoms with Crippen LogP contribution in [-0.2, 0) is 9.53 Å². The fraction of sp³-hybridized carbons (Fsp3) is 0.895. The van der Waals surface area contributed by atoms with Crippen LogP contribution in [0.25, 0.3) is 0 Å².